The Bertz CT molecular complexity index is 993. The highest BCUT2D eigenvalue weighted by Crippen LogP contribution is 2.35. The zero-order valence-corrected chi connectivity index (χ0v) is 18.0. The summed E-state index contributed by atoms with van der Waals surface area (Å²) in [7, 11) is 3.00. The Hall–Kier alpha value is -2.48. The normalized spacial score (nSPS) is 10.5. The highest BCUT2D eigenvalue weighted by molar-refractivity contribution is 7.09. The molecule has 6 nitrogen and oxygen atoms in total. The molecule has 2 aromatic carbocycles. The summed E-state index contributed by atoms with van der Waals surface area (Å²) < 4.78 is 16.1. The van der Waals surface area contributed by atoms with E-state index in [2.05, 4.69) is 10.3 Å². The zero-order chi connectivity index (χ0) is 20.8. The van der Waals surface area contributed by atoms with Crippen molar-refractivity contribution < 1.29 is 19.0 Å². The van der Waals surface area contributed by atoms with Crippen LogP contribution in [0, 0.1) is 0 Å². The number of thiazole rings is 1. The van der Waals surface area contributed by atoms with Crippen LogP contribution in [0.1, 0.15) is 10.7 Å². The van der Waals surface area contributed by atoms with Crippen molar-refractivity contribution in [2.24, 2.45) is 0 Å². The number of hydrogen-bond donors (Lipinski definition) is 1. The van der Waals surface area contributed by atoms with Crippen molar-refractivity contribution >= 4 is 46.1 Å². The molecule has 0 spiro atoms. The van der Waals surface area contributed by atoms with Gasteiger partial charge in [-0.3, -0.25) is 4.79 Å². The number of aromatic nitrogens is 1. The third kappa shape index (κ3) is 5.76. The predicted molar refractivity (Wildman–Crippen MR) is 115 cm³/mol. The molecule has 1 N–H and O–H groups in total. The first-order valence-electron chi connectivity index (χ1n) is 8.51. The van der Waals surface area contributed by atoms with Crippen molar-refractivity contribution in [2.75, 3.05) is 19.5 Å². The first-order chi connectivity index (χ1) is 14.0. The standard InChI is InChI=1S/C20H18Cl2N2O4S/c1-26-17-9-16(18(27-2)8-15(17)22)24-19(25)7-13-11-29-20(23-13)10-28-14-5-3-12(21)4-6-14/h3-6,8-9,11H,7,10H2,1-2H3,(H,24,25). The van der Waals surface area contributed by atoms with E-state index in [0.717, 1.165) is 5.01 Å². The molecule has 3 rings (SSSR count). The highest BCUT2D eigenvalue weighted by atomic mass is 35.5. The molecule has 0 aliphatic rings. The molecular weight excluding hydrogens is 435 g/mol. The lowest BCUT2D eigenvalue weighted by atomic mass is 10.2. The van der Waals surface area contributed by atoms with Gasteiger partial charge in [-0.05, 0) is 24.3 Å². The van der Waals surface area contributed by atoms with E-state index in [0.29, 0.717) is 45.3 Å². The van der Waals surface area contributed by atoms with Gasteiger partial charge in [0, 0.05) is 22.5 Å². The molecule has 0 saturated carbocycles. The van der Waals surface area contributed by atoms with Crippen molar-refractivity contribution in [1.29, 1.82) is 0 Å². The van der Waals surface area contributed by atoms with Crippen molar-refractivity contribution in [3.63, 3.8) is 0 Å². The first-order valence-corrected chi connectivity index (χ1v) is 10.1. The number of hydrogen-bond acceptors (Lipinski definition) is 6. The second kappa shape index (κ2) is 9.82. The van der Waals surface area contributed by atoms with Crippen molar-refractivity contribution in [1.82, 2.24) is 4.98 Å². The molecule has 1 amide bonds. The molecule has 3 aromatic rings. The molecule has 0 unspecified atom stereocenters. The van der Waals surface area contributed by atoms with Crippen LogP contribution in [0.5, 0.6) is 17.2 Å². The minimum atomic E-state index is -0.233. The van der Waals surface area contributed by atoms with Gasteiger partial charge in [-0.2, -0.15) is 0 Å². The number of benzene rings is 2. The van der Waals surface area contributed by atoms with Gasteiger partial charge in [0.05, 0.1) is 37.0 Å². The SMILES string of the molecule is COc1cc(NC(=O)Cc2csc(COc3ccc(Cl)cc3)n2)c(OC)cc1Cl. The van der Waals surface area contributed by atoms with Gasteiger partial charge in [-0.1, -0.05) is 23.2 Å². The number of amides is 1. The number of ether oxygens (including phenoxy) is 3. The van der Waals surface area contributed by atoms with Gasteiger partial charge in [-0.25, -0.2) is 4.98 Å². The minimum absolute atomic E-state index is 0.117. The second-order valence-electron chi connectivity index (χ2n) is 5.89. The monoisotopic (exact) mass is 452 g/mol. The molecule has 0 aliphatic carbocycles. The molecule has 0 fully saturated rings. The van der Waals surface area contributed by atoms with Crippen LogP contribution in [0.3, 0.4) is 0 Å². The fraction of sp³-hybridized carbons (Fsp3) is 0.200. The van der Waals surface area contributed by atoms with E-state index in [1.54, 1.807) is 36.4 Å². The van der Waals surface area contributed by atoms with E-state index in [-0.39, 0.29) is 12.3 Å². The van der Waals surface area contributed by atoms with E-state index in [4.69, 9.17) is 37.4 Å². The number of methoxy groups -OCH3 is 2. The van der Waals surface area contributed by atoms with Gasteiger partial charge in [-0.15, -0.1) is 11.3 Å². The lowest BCUT2D eigenvalue weighted by Crippen LogP contribution is -2.15. The molecular formula is C20H18Cl2N2O4S. The van der Waals surface area contributed by atoms with Crippen LogP contribution in [0.15, 0.2) is 41.8 Å². The van der Waals surface area contributed by atoms with Crippen molar-refractivity contribution in [2.45, 2.75) is 13.0 Å². The molecule has 29 heavy (non-hydrogen) atoms. The highest BCUT2D eigenvalue weighted by Gasteiger charge is 2.14. The fourth-order valence-corrected chi connectivity index (χ4v) is 3.55. The molecule has 0 radical (unpaired) electrons. The third-order valence-electron chi connectivity index (χ3n) is 3.86. The van der Waals surface area contributed by atoms with E-state index in [9.17, 15) is 4.79 Å². The van der Waals surface area contributed by atoms with Crippen LogP contribution in [-0.4, -0.2) is 25.1 Å². The molecule has 0 aliphatic heterocycles. The average molecular weight is 453 g/mol. The second-order valence-corrected chi connectivity index (χ2v) is 7.67. The van der Waals surface area contributed by atoms with E-state index in [1.807, 2.05) is 5.38 Å². The topological polar surface area (TPSA) is 69.7 Å². The summed E-state index contributed by atoms with van der Waals surface area (Å²) in [5.41, 5.74) is 1.13. The molecule has 1 aromatic heterocycles. The molecule has 9 heteroatoms. The largest absolute Gasteiger partial charge is 0.495 e. The van der Waals surface area contributed by atoms with Gasteiger partial charge in [0.15, 0.2) is 0 Å². The zero-order valence-electron chi connectivity index (χ0n) is 15.7. The maximum absolute atomic E-state index is 12.4. The lowest BCUT2D eigenvalue weighted by molar-refractivity contribution is -0.115. The number of rotatable bonds is 8. The Morgan fingerprint density at radius 2 is 1.83 bits per heavy atom. The average Bonchev–Trinajstić information content (AvgIpc) is 3.15. The molecule has 0 atom stereocenters. The Kier molecular flexibility index (Phi) is 7.19. The van der Waals surface area contributed by atoms with Crippen LogP contribution >= 0.6 is 34.5 Å². The summed E-state index contributed by atoms with van der Waals surface area (Å²) in [4.78, 5) is 16.9. The first kappa shape index (κ1) is 21.2. The van der Waals surface area contributed by atoms with Gasteiger partial charge >= 0.3 is 0 Å². The Morgan fingerprint density at radius 1 is 1.10 bits per heavy atom. The summed E-state index contributed by atoms with van der Waals surface area (Å²) in [6, 6.07) is 10.3. The van der Waals surface area contributed by atoms with Gasteiger partial charge < -0.3 is 19.5 Å². The maximum atomic E-state index is 12.4. The number of nitrogens with one attached hydrogen (secondary N) is 1. The van der Waals surface area contributed by atoms with Gasteiger partial charge in [0.2, 0.25) is 5.91 Å². The van der Waals surface area contributed by atoms with Crippen LogP contribution in [0.25, 0.3) is 0 Å². The number of carbonyl (C=O) groups is 1. The van der Waals surface area contributed by atoms with E-state index in [1.165, 1.54) is 25.6 Å². The van der Waals surface area contributed by atoms with E-state index < -0.39 is 0 Å². The number of nitrogens with zero attached hydrogens (tertiary/aromatic N) is 1. The Labute approximate surface area is 182 Å². The molecule has 0 saturated heterocycles. The van der Waals surface area contributed by atoms with Crippen LogP contribution in [-0.2, 0) is 17.8 Å². The lowest BCUT2D eigenvalue weighted by Gasteiger charge is -2.12. The van der Waals surface area contributed by atoms with Crippen molar-refractivity contribution in [3.05, 3.63) is 62.5 Å². The third-order valence-corrected chi connectivity index (χ3v) is 5.28. The number of carbonyl (C=O) groups excluding carboxylic acids is 1. The molecule has 152 valence electrons. The molecule has 1 heterocycles. The van der Waals surface area contributed by atoms with Gasteiger partial charge in [0.25, 0.3) is 0 Å². The number of anilines is 1. The smallest absolute Gasteiger partial charge is 0.230 e. The van der Waals surface area contributed by atoms with Crippen LogP contribution in [0.2, 0.25) is 10.0 Å². The minimum Gasteiger partial charge on any atom is -0.495 e. The maximum Gasteiger partial charge on any atom is 0.230 e. The summed E-state index contributed by atoms with van der Waals surface area (Å²) in [6.07, 6.45) is 0.117. The van der Waals surface area contributed by atoms with Gasteiger partial charge in [0.1, 0.15) is 28.9 Å². The quantitative estimate of drug-likeness (QED) is 0.506. The van der Waals surface area contributed by atoms with E-state index >= 15 is 0 Å². The fourth-order valence-electron chi connectivity index (χ4n) is 2.49. The predicted octanol–water partition coefficient (Wildman–Crippen LogP) is 5.23. The summed E-state index contributed by atoms with van der Waals surface area (Å²) in [5, 5.41) is 6.45. The Balaban J connectivity index is 1.59. The number of halogens is 2. The van der Waals surface area contributed by atoms with Crippen molar-refractivity contribution in [3.8, 4) is 17.2 Å². The van der Waals surface area contributed by atoms with Crippen LogP contribution < -0.4 is 19.5 Å². The Morgan fingerprint density at radius 3 is 2.52 bits per heavy atom. The summed E-state index contributed by atoms with van der Waals surface area (Å²) in [5.74, 6) is 1.35. The summed E-state index contributed by atoms with van der Waals surface area (Å²) >= 11 is 13.4. The summed E-state index contributed by atoms with van der Waals surface area (Å²) in [6.45, 7) is 0.316. The molecule has 0 bridgehead atoms. The van der Waals surface area contributed by atoms with Crippen LogP contribution in [0.4, 0.5) is 5.69 Å².